The molecule has 1 saturated carbocycles. The zero-order chi connectivity index (χ0) is 30.4. The summed E-state index contributed by atoms with van der Waals surface area (Å²) in [5.41, 5.74) is 1.86. The van der Waals surface area contributed by atoms with Crippen molar-refractivity contribution in [3.05, 3.63) is 114 Å². The van der Waals surface area contributed by atoms with E-state index in [0.717, 1.165) is 47.2 Å². The molecule has 1 N–H and O–H groups in total. The van der Waals surface area contributed by atoms with E-state index in [9.17, 15) is 22.4 Å². The van der Waals surface area contributed by atoms with Gasteiger partial charge in [0.15, 0.2) is 0 Å². The van der Waals surface area contributed by atoms with Crippen LogP contribution in [0, 0.1) is 5.82 Å². The predicted octanol–water partition coefficient (Wildman–Crippen LogP) is 5.44. The van der Waals surface area contributed by atoms with Gasteiger partial charge in [-0.2, -0.15) is 0 Å². The molecule has 4 aromatic rings. The lowest BCUT2D eigenvalue weighted by Gasteiger charge is -2.34. The highest BCUT2D eigenvalue weighted by Gasteiger charge is 2.34. The number of rotatable bonds is 11. The lowest BCUT2D eigenvalue weighted by atomic mass is 10.0. The minimum absolute atomic E-state index is 0.00182. The second-order valence-electron chi connectivity index (χ2n) is 11.1. The van der Waals surface area contributed by atoms with Gasteiger partial charge in [0.25, 0.3) is 0 Å². The zero-order valence-corrected chi connectivity index (χ0v) is 25.0. The number of hydrogen-bond acceptors (Lipinski definition) is 4. The Morgan fingerprint density at radius 3 is 2.21 bits per heavy atom. The molecule has 1 atom stereocenters. The fraction of sp³-hybridized carbons (Fsp3) is 0.294. The fourth-order valence-corrected chi connectivity index (χ4v) is 6.59. The number of carbonyl (C=O) groups excluding carboxylic acids is 2. The Bertz CT molecular complexity index is 1670. The molecule has 0 heterocycles. The number of halogens is 1. The summed E-state index contributed by atoms with van der Waals surface area (Å²) in [5.74, 6) is -1.24. The molecule has 0 aromatic heterocycles. The van der Waals surface area contributed by atoms with Gasteiger partial charge in [-0.1, -0.05) is 91.7 Å². The van der Waals surface area contributed by atoms with E-state index < -0.39 is 34.3 Å². The molecule has 1 aliphatic carbocycles. The molecule has 7 nitrogen and oxygen atoms in total. The van der Waals surface area contributed by atoms with Crippen LogP contribution in [-0.4, -0.2) is 50.0 Å². The fourth-order valence-electron chi connectivity index (χ4n) is 5.73. The van der Waals surface area contributed by atoms with Crippen LogP contribution < -0.4 is 9.62 Å². The third-order valence-electron chi connectivity index (χ3n) is 7.95. The third kappa shape index (κ3) is 7.59. The van der Waals surface area contributed by atoms with Crippen molar-refractivity contribution in [3.8, 4) is 0 Å². The summed E-state index contributed by atoms with van der Waals surface area (Å²) < 4.78 is 41.3. The summed E-state index contributed by atoms with van der Waals surface area (Å²) in [6, 6.07) is 27.0. The first kappa shape index (κ1) is 30.2. The number of amides is 2. The summed E-state index contributed by atoms with van der Waals surface area (Å²) in [7, 11) is -3.90. The van der Waals surface area contributed by atoms with Crippen LogP contribution in [0.15, 0.2) is 97.1 Å². The van der Waals surface area contributed by atoms with E-state index in [1.54, 1.807) is 24.3 Å². The average molecular weight is 602 g/mol. The molecule has 0 bridgehead atoms. The number of sulfonamides is 1. The van der Waals surface area contributed by atoms with Gasteiger partial charge >= 0.3 is 0 Å². The van der Waals surface area contributed by atoms with Crippen molar-refractivity contribution < 1.29 is 22.4 Å². The Morgan fingerprint density at radius 1 is 0.860 bits per heavy atom. The maximum Gasteiger partial charge on any atom is 0.244 e. The van der Waals surface area contributed by atoms with Crippen molar-refractivity contribution in [2.24, 2.45) is 0 Å². The maximum atomic E-state index is 14.3. The van der Waals surface area contributed by atoms with Gasteiger partial charge in [-0.25, -0.2) is 12.8 Å². The molecule has 0 unspecified atom stereocenters. The summed E-state index contributed by atoms with van der Waals surface area (Å²) in [4.78, 5) is 29.7. The number of fused-ring (bicyclic) bond motifs is 1. The summed E-state index contributed by atoms with van der Waals surface area (Å²) in [5, 5.41) is 4.67. The Morgan fingerprint density at radius 2 is 1.51 bits per heavy atom. The van der Waals surface area contributed by atoms with Crippen LogP contribution in [0.4, 0.5) is 10.1 Å². The van der Waals surface area contributed by atoms with Crippen molar-refractivity contribution in [1.29, 1.82) is 0 Å². The summed E-state index contributed by atoms with van der Waals surface area (Å²) in [6.45, 7) is -0.502. The molecule has 1 aliphatic rings. The molecule has 43 heavy (non-hydrogen) atoms. The van der Waals surface area contributed by atoms with Gasteiger partial charge in [-0.05, 0) is 47.6 Å². The minimum Gasteiger partial charge on any atom is -0.352 e. The van der Waals surface area contributed by atoms with E-state index >= 15 is 0 Å². The lowest BCUT2D eigenvalue weighted by Crippen LogP contribution is -2.54. The number of nitrogens with zero attached hydrogens (tertiary/aromatic N) is 2. The zero-order valence-electron chi connectivity index (χ0n) is 24.2. The van der Waals surface area contributed by atoms with Gasteiger partial charge < -0.3 is 10.2 Å². The molecule has 1 fully saturated rings. The molecular weight excluding hydrogens is 565 g/mol. The highest BCUT2D eigenvalue weighted by molar-refractivity contribution is 7.92. The van der Waals surface area contributed by atoms with Crippen molar-refractivity contribution in [1.82, 2.24) is 10.2 Å². The largest absolute Gasteiger partial charge is 0.352 e. The number of carbonyl (C=O) groups is 2. The Hall–Kier alpha value is -4.24. The smallest absolute Gasteiger partial charge is 0.244 e. The first-order valence-electron chi connectivity index (χ1n) is 14.5. The van der Waals surface area contributed by atoms with Crippen molar-refractivity contribution in [3.63, 3.8) is 0 Å². The van der Waals surface area contributed by atoms with Crippen LogP contribution in [0.3, 0.4) is 0 Å². The average Bonchev–Trinajstić information content (AvgIpc) is 3.51. The number of benzene rings is 4. The summed E-state index contributed by atoms with van der Waals surface area (Å²) in [6.07, 6.45) is 5.11. The second kappa shape index (κ2) is 13.4. The molecule has 224 valence electrons. The number of anilines is 1. The SMILES string of the molecule is CS(=O)(=O)N(CC(=O)N(Cc1ccc(F)cc1)[C@H](Cc1ccccc1)C(=O)NC1CCCC1)c1cccc2ccccc12. The van der Waals surface area contributed by atoms with Crippen LogP contribution in [0.2, 0.25) is 0 Å². The molecule has 4 aromatic carbocycles. The molecule has 9 heteroatoms. The first-order chi connectivity index (χ1) is 20.7. The van der Waals surface area contributed by atoms with Crippen LogP contribution in [0.1, 0.15) is 36.8 Å². The molecular formula is C34H36FN3O4S. The Balaban J connectivity index is 1.54. The molecule has 0 saturated heterocycles. The van der Waals surface area contributed by atoms with E-state index in [-0.39, 0.29) is 24.9 Å². The maximum absolute atomic E-state index is 14.3. The van der Waals surface area contributed by atoms with Gasteiger partial charge in [0, 0.05) is 24.4 Å². The van der Waals surface area contributed by atoms with E-state index in [0.29, 0.717) is 16.6 Å². The Labute approximate surface area is 252 Å². The van der Waals surface area contributed by atoms with Gasteiger partial charge in [-0.15, -0.1) is 0 Å². The van der Waals surface area contributed by atoms with Crippen LogP contribution in [0.25, 0.3) is 10.8 Å². The topological polar surface area (TPSA) is 86.8 Å². The van der Waals surface area contributed by atoms with Gasteiger partial charge in [-0.3, -0.25) is 13.9 Å². The van der Waals surface area contributed by atoms with E-state index in [2.05, 4.69) is 5.32 Å². The highest BCUT2D eigenvalue weighted by atomic mass is 32.2. The second-order valence-corrected chi connectivity index (χ2v) is 13.0. The Kier molecular flexibility index (Phi) is 9.40. The third-order valence-corrected chi connectivity index (χ3v) is 9.08. The molecule has 2 amide bonds. The molecule has 0 aliphatic heterocycles. The predicted molar refractivity (Wildman–Crippen MR) is 167 cm³/mol. The molecule has 0 spiro atoms. The van der Waals surface area contributed by atoms with Crippen molar-refractivity contribution in [2.45, 2.75) is 50.7 Å². The van der Waals surface area contributed by atoms with Crippen LogP contribution >= 0.6 is 0 Å². The number of hydrogen-bond donors (Lipinski definition) is 1. The van der Waals surface area contributed by atoms with E-state index in [1.807, 2.05) is 60.7 Å². The monoisotopic (exact) mass is 601 g/mol. The number of nitrogens with one attached hydrogen (secondary N) is 1. The minimum atomic E-state index is -3.90. The molecule has 5 rings (SSSR count). The summed E-state index contributed by atoms with van der Waals surface area (Å²) >= 11 is 0. The lowest BCUT2D eigenvalue weighted by molar-refractivity contribution is -0.140. The normalized spacial score (nSPS) is 14.4. The van der Waals surface area contributed by atoms with E-state index in [4.69, 9.17) is 0 Å². The van der Waals surface area contributed by atoms with Crippen molar-refractivity contribution in [2.75, 3.05) is 17.1 Å². The quantitative estimate of drug-likeness (QED) is 0.248. The van der Waals surface area contributed by atoms with Crippen LogP contribution in [-0.2, 0) is 32.6 Å². The molecule has 0 radical (unpaired) electrons. The van der Waals surface area contributed by atoms with E-state index in [1.165, 1.54) is 17.0 Å². The standard InChI is InChI=1S/C34H36FN3O4S/c1-43(41,42)38(31-17-9-13-27-12-5-8-16-30(27)31)24-33(39)37(23-26-18-20-28(35)21-19-26)32(22-25-10-3-2-4-11-25)34(40)36-29-14-6-7-15-29/h2-5,8-13,16-21,29,32H,6-7,14-15,22-24H2,1H3,(H,36,40)/t32-/m1/s1. The van der Waals surface area contributed by atoms with Gasteiger partial charge in [0.1, 0.15) is 18.4 Å². The first-order valence-corrected chi connectivity index (χ1v) is 16.4. The van der Waals surface area contributed by atoms with Gasteiger partial charge in [0.05, 0.1) is 11.9 Å². The van der Waals surface area contributed by atoms with Crippen LogP contribution in [0.5, 0.6) is 0 Å². The highest BCUT2D eigenvalue weighted by Crippen LogP contribution is 2.29. The van der Waals surface area contributed by atoms with Crippen molar-refractivity contribution >= 4 is 38.3 Å². The van der Waals surface area contributed by atoms with Gasteiger partial charge in [0.2, 0.25) is 21.8 Å².